The van der Waals surface area contributed by atoms with Crippen LogP contribution in [0.4, 0.5) is 13.2 Å². The van der Waals surface area contributed by atoms with Crippen molar-refractivity contribution in [1.82, 2.24) is 5.32 Å². The number of dihydropyridines is 1. The van der Waals surface area contributed by atoms with Crippen LogP contribution in [-0.2, 0) is 11.0 Å². The lowest BCUT2D eigenvalue weighted by molar-refractivity contribution is -0.138. The molecule has 0 aromatic heterocycles. The van der Waals surface area contributed by atoms with Crippen LogP contribution in [0.15, 0.2) is 46.8 Å². The van der Waals surface area contributed by atoms with Crippen molar-refractivity contribution in [2.45, 2.75) is 45.7 Å². The number of ketones is 1. The first kappa shape index (κ1) is 18.2. The van der Waals surface area contributed by atoms with E-state index in [9.17, 15) is 23.2 Å². The van der Waals surface area contributed by atoms with E-state index in [0.717, 1.165) is 6.07 Å². The minimum atomic E-state index is -4.56. The lowest BCUT2D eigenvalue weighted by atomic mass is 9.68. The Hall–Kier alpha value is -2.55. The Morgan fingerprint density at radius 2 is 1.88 bits per heavy atom. The first-order valence-electron chi connectivity index (χ1n) is 8.35. The molecular formula is C20H19F3N2O. The summed E-state index contributed by atoms with van der Waals surface area (Å²) in [6.45, 7) is 5.57. The zero-order valence-corrected chi connectivity index (χ0v) is 14.8. The molecule has 2 aliphatic rings. The van der Waals surface area contributed by atoms with Crippen LogP contribution in [0.25, 0.3) is 0 Å². The van der Waals surface area contributed by atoms with Crippen LogP contribution in [0.1, 0.15) is 50.7 Å². The van der Waals surface area contributed by atoms with E-state index in [1.165, 1.54) is 18.2 Å². The molecule has 1 aliphatic carbocycles. The third-order valence-corrected chi connectivity index (χ3v) is 4.94. The van der Waals surface area contributed by atoms with E-state index >= 15 is 0 Å². The second kappa shape index (κ2) is 6.01. The Morgan fingerprint density at radius 1 is 1.23 bits per heavy atom. The number of halogens is 3. The molecule has 6 heteroatoms. The molecule has 1 aliphatic heterocycles. The van der Waals surface area contributed by atoms with Gasteiger partial charge in [-0.15, -0.1) is 0 Å². The van der Waals surface area contributed by atoms with Crippen LogP contribution < -0.4 is 5.32 Å². The van der Waals surface area contributed by atoms with Gasteiger partial charge in [0.2, 0.25) is 0 Å². The topological polar surface area (TPSA) is 52.9 Å². The monoisotopic (exact) mass is 360 g/mol. The Morgan fingerprint density at radius 3 is 2.50 bits per heavy atom. The highest BCUT2D eigenvalue weighted by molar-refractivity contribution is 6.00. The summed E-state index contributed by atoms with van der Waals surface area (Å²) in [4.78, 5) is 12.8. The molecule has 0 amide bonds. The van der Waals surface area contributed by atoms with Gasteiger partial charge in [0.15, 0.2) is 5.78 Å². The highest BCUT2D eigenvalue weighted by Gasteiger charge is 2.44. The van der Waals surface area contributed by atoms with Gasteiger partial charge in [-0.1, -0.05) is 32.0 Å². The van der Waals surface area contributed by atoms with E-state index in [1.54, 1.807) is 6.92 Å². The molecule has 1 N–H and O–H groups in total. The molecule has 1 atom stereocenters. The molecule has 0 saturated heterocycles. The largest absolute Gasteiger partial charge is 0.416 e. The lowest BCUT2D eigenvalue weighted by Crippen LogP contribution is -2.37. The summed E-state index contributed by atoms with van der Waals surface area (Å²) in [6.07, 6.45) is -3.77. The number of Topliss-reactive ketones (excluding diaryl/α,β-unsaturated/α-hetero) is 1. The van der Waals surface area contributed by atoms with Crippen molar-refractivity contribution >= 4 is 5.78 Å². The molecule has 1 aromatic carbocycles. The number of nitriles is 1. The van der Waals surface area contributed by atoms with Crippen LogP contribution >= 0.6 is 0 Å². The molecular weight excluding hydrogens is 341 g/mol. The minimum absolute atomic E-state index is 0.0436. The number of rotatable bonds is 1. The summed E-state index contributed by atoms with van der Waals surface area (Å²) < 4.78 is 40.7. The minimum Gasteiger partial charge on any atom is -0.361 e. The second-order valence-electron chi connectivity index (χ2n) is 7.63. The van der Waals surface area contributed by atoms with Gasteiger partial charge in [0, 0.05) is 23.4 Å². The number of allylic oxidation sites excluding steroid dienone is 4. The molecule has 1 aromatic rings. The number of hydrogen-bond acceptors (Lipinski definition) is 3. The number of carbonyl (C=O) groups is 1. The summed E-state index contributed by atoms with van der Waals surface area (Å²) in [7, 11) is 0. The van der Waals surface area contributed by atoms with Gasteiger partial charge >= 0.3 is 6.18 Å². The number of carbonyl (C=O) groups excluding carboxylic acids is 1. The van der Waals surface area contributed by atoms with Gasteiger partial charge in [-0.25, -0.2) is 0 Å². The molecule has 0 spiro atoms. The van der Waals surface area contributed by atoms with E-state index in [2.05, 4.69) is 5.32 Å². The van der Waals surface area contributed by atoms with Crippen molar-refractivity contribution < 1.29 is 18.0 Å². The molecule has 0 radical (unpaired) electrons. The SMILES string of the molecule is CC1=C(C#N)C(c2ccccc2C(F)(F)F)C2=C(CC(C)(C)CC2=O)N1. The second-order valence-corrected chi connectivity index (χ2v) is 7.63. The molecule has 0 saturated carbocycles. The smallest absolute Gasteiger partial charge is 0.361 e. The predicted molar refractivity (Wildman–Crippen MR) is 90.7 cm³/mol. The molecule has 0 bridgehead atoms. The van der Waals surface area contributed by atoms with Crippen LogP contribution in [0.5, 0.6) is 0 Å². The standard InChI is InChI=1S/C20H19F3N2O/c1-11-13(10-24)17(12-6-4-5-7-14(12)20(21,22)23)18-15(25-11)8-19(2,3)9-16(18)26/h4-7,17,25H,8-9H2,1-3H3. The van der Waals surface area contributed by atoms with Crippen molar-refractivity contribution in [2.24, 2.45) is 5.41 Å². The molecule has 3 rings (SSSR count). The molecule has 136 valence electrons. The van der Waals surface area contributed by atoms with Crippen LogP contribution in [0.3, 0.4) is 0 Å². The average molecular weight is 360 g/mol. The summed E-state index contributed by atoms with van der Waals surface area (Å²) in [6, 6.07) is 7.20. The van der Waals surface area contributed by atoms with E-state index < -0.39 is 17.7 Å². The first-order chi connectivity index (χ1) is 12.0. The van der Waals surface area contributed by atoms with E-state index in [0.29, 0.717) is 23.4 Å². The number of hydrogen-bond donors (Lipinski definition) is 1. The third-order valence-electron chi connectivity index (χ3n) is 4.94. The maximum absolute atomic E-state index is 13.6. The number of alkyl halides is 3. The quantitative estimate of drug-likeness (QED) is 0.780. The van der Waals surface area contributed by atoms with E-state index in [1.807, 2.05) is 19.9 Å². The summed E-state index contributed by atoms with van der Waals surface area (Å²) in [5.74, 6) is -1.19. The number of benzene rings is 1. The van der Waals surface area contributed by atoms with Gasteiger partial charge in [0.25, 0.3) is 0 Å². The van der Waals surface area contributed by atoms with Gasteiger partial charge in [-0.2, -0.15) is 18.4 Å². The summed E-state index contributed by atoms with van der Waals surface area (Å²) >= 11 is 0. The fraction of sp³-hybridized carbons (Fsp3) is 0.400. The van der Waals surface area contributed by atoms with Crippen molar-refractivity contribution in [1.29, 1.82) is 5.26 Å². The van der Waals surface area contributed by atoms with Gasteiger partial charge < -0.3 is 5.32 Å². The Bertz CT molecular complexity index is 885. The van der Waals surface area contributed by atoms with Gasteiger partial charge in [-0.05, 0) is 30.4 Å². The molecule has 1 unspecified atom stereocenters. The zero-order chi connectivity index (χ0) is 19.3. The van der Waals surface area contributed by atoms with E-state index in [4.69, 9.17) is 0 Å². The fourth-order valence-corrected chi connectivity index (χ4v) is 3.90. The molecule has 3 nitrogen and oxygen atoms in total. The van der Waals surface area contributed by atoms with Gasteiger partial charge in [0.05, 0.1) is 23.1 Å². The van der Waals surface area contributed by atoms with Crippen LogP contribution in [0, 0.1) is 16.7 Å². The highest BCUT2D eigenvalue weighted by atomic mass is 19.4. The summed E-state index contributed by atoms with van der Waals surface area (Å²) in [5, 5.41) is 12.7. The Balaban J connectivity index is 2.27. The number of nitrogens with one attached hydrogen (secondary N) is 1. The van der Waals surface area contributed by atoms with Crippen molar-refractivity contribution in [3.8, 4) is 6.07 Å². The third kappa shape index (κ3) is 3.03. The van der Waals surface area contributed by atoms with Crippen molar-refractivity contribution in [2.75, 3.05) is 0 Å². The maximum atomic E-state index is 13.6. The van der Waals surface area contributed by atoms with Crippen LogP contribution in [-0.4, -0.2) is 5.78 Å². The maximum Gasteiger partial charge on any atom is 0.416 e. The van der Waals surface area contributed by atoms with Crippen molar-refractivity contribution in [3.63, 3.8) is 0 Å². The fourth-order valence-electron chi connectivity index (χ4n) is 3.90. The first-order valence-corrected chi connectivity index (χ1v) is 8.35. The Kier molecular flexibility index (Phi) is 4.22. The molecule has 26 heavy (non-hydrogen) atoms. The average Bonchev–Trinajstić information content (AvgIpc) is 2.51. The van der Waals surface area contributed by atoms with Gasteiger partial charge in [0.1, 0.15) is 0 Å². The zero-order valence-electron chi connectivity index (χ0n) is 14.8. The molecule has 0 fully saturated rings. The van der Waals surface area contributed by atoms with E-state index in [-0.39, 0.29) is 28.8 Å². The lowest BCUT2D eigenvalue weighted by Gasteiger charge is -2.39. The summed E-state index contributed by atoms with van der Waals surface area (Å²) in [5.41, 5.74) is 0.455. The normalized spacial score (nSPS) is 22.7. The molecule has 1 heterocycles. The Labute approximate surface area is 150 Å². The predicted octanol–water partition coefficient (Wildman–Crippen LogP) is 4.83. The number of nitrogens with zero attached hydrogens (tertiary/aromatic N) is 1. The van der Waals surface area contributed by atoms with Gasteiger partial charge in [-0.3, -0.25) is 4.79 Å². The highest BCUT2D eigenvalue weighted by Crippen LogP contribution is 2.48. The van der Waals surface area contributed by atoms with Crippen molar-refractivity contribution in [3.05, 3.63) is 57.9 Å². The van der Waals surface area contributed by atoms with Crippen LogP contribution in [0.2, 0.25) is 0 Å².